The summed E-state index contributed by atoms with van der Waals surface area (Å²) in [6.07, 6.45) is -3.65. The minimum absolute atomic E-state index is 0.168. The van der Waals surface area contributed by atoms with Crippen LogP contribution in [0.4, 0.5) is 0 Å². The van der Waals surface area contributed by atoms with Crippen molar-refractivity contribution < 1.29 is 28.5 Å². The molecule has 0 aliphatic carbocycles. The number of hydrogen-bond donors (Lipinski definition) is 0. The molecule has 0 N–H and O–H groups in total. The molecule has 0 radical (unpaired) electrons. The molecule has 26 heavy (non-hydrogen) atoms. The van der Waals surface area contributed by atoms with Crippen molar-refractivity contribution in [1.29, 1.82) is 0 Å². The Morgan fingerprint density at radius 2 is 1.81 bits per heavy atom. The maximum Gasteiger partial charge on any atom is 0.305 e. The van der Waals surface area contributed by atoms with Crippen LogP contribution in [0.2, 0.25) is 0 Å². The molecule has 1 saturated heterocycles. The topological polar surface area (TPSA) is 120 Å². The third kappa shape index (κ3) is 5.19. The fraction of sp³-hybridized carbons (Fsp3) is 0.529. The summed E-state index contributed by atoms with van der Waals surface area (Å²) in [4.78, 5) is 25.8. The molecule has 1 aliphatic rings. The Hall–Kier alpha value is -2.61. The molecule has 1 aromatic rings. The van der Waals surface area contributed by atoms with Gasteiger partial charge in [0, 0.05) is 18.8 Å². The first kappa shape index (κ1) is 19.7. The average molecular weight is 363 g/mol. The van der Waals surface area contributed by atoms with E-state index in [4.69, 9.17) is 24.5 Å². The van der Waals surface area contributed by atoms with E-state index in [1.165, 1.54) is 13.8 Å². The molecule has 1 heterocycles. The van der Waals surface area contributed by atoms with Gasteiger partial charge >= 0.3 is 11.9 Å². The lowest BCUT2D eigenvalue weighted by Crippen LogP contribution is -2.59. The van der Waals surface area contributed by atoms with Crippen LogP contribution in [0.25, 0.3) is 10.4 Å². The first-order chi connectivity index (χ1) is 12.4. The molecule has 2 rings (SSSR count). The van der Waals surface area contributed by atoms with Crippen molar-refractivity contribution in [3.05, 3.63) is 46.3 Å². The minimum Gasteiger partial charge on any atom is -0.459 e. The Labute approximate surface area is 150 Å². The number of carbonyl (C=O) groups excluding carboxylic acids is 2. The second-order valence-corrected chi connectivity index (χ2v) is 5.85. The van der Waals surface area contributed by atoms with Crippen molar-refractivity contribution in [1.82, 2.24) is 0 Å². The first-order valence-corrected chi connectivity index (χ1v) is 8.12. The molecule has 9 nitrogen and oxygen atoms in total. The van der Waals surface area contributed by atoms with Crippen LogP contribution in [0.15, 0.2) is 35.4 Å². The molecule has 1 aliphatic heterocycles. The standard InChI is InChI=1S/C17H21N3O6/c1-10-14(19-20-18)15(25-11(2)21)16(17(24-10)26-12(3)22)23-9-13-7-5-4-6-8-13/h4-8,10,14-17H,9H2,1-3H3/t10-,14-,15+,16+,17-/m1/s1. The zero-order valence-electron chi connectivity index (χ0n) is 14.8. The largest absolute Gasteiger partial charge is 0.459 e. The van der Waals surface area contributed by atoms with E-state index in [1.807, 2.05) is 30.3 Å². The van der Waals surface area contributed by atoms with Crippen LogP contribution in [0.1, 0.15) is 26.3 Å². The Balaban J connectivity index is 2.28. The number of hydrogen-bond acceptors (Lipinski definition) is 7. The number of ether oxygens (including phenoxy) is 4. The third-order valence-electron chi connectivity index (χ3n) is 3.81. The van der Waals surface area contributed by atoms with E-state index in [0.29, 0.717) is 0 Å². The van der Waals surface area contributed by atoms with Crippen molar-refractivity contribution in [2.24, 2.45) is 5.11 Å². The Kier molecular flexibility index (Phi) is 6.97. The van der Waals surface area contributed by atoms with E-state index >= 15 is 0 Å². The van der Waals surface area contributed by atoms with Gasteiger partial charge in [-0.3, -0.25) is 9.59 Å². The van der Waals surface area contributed by atoms with Gasteiger partial charge in [-0.15, -0.1) is 0 Å². The number of nitrogens with zero attached hydrogens (tertiary/aromatic N) is 3. The van der Waals surface area contributed by atoms with Crippen LogP contribution in [0.5, 0.6) is 0 Å². The van der Waals surface area contributed by atoms with Crippen molar-refractivity contribution >= 4 is 11.9 Å². The summed E-state index contributed by atoms with van der Waals surface area (Å²) >= 11 is 0. The fourth-order valence-corrected chi connectivity index (χ4v) is 2.73. The lowest BCUT2D eigenvalue weighted by atomic mass is 9.97. The van der Waals surface area contributed by atoms with Gasteiger partial charge in [0.15, 0.2) is 6.10 Å². The lowest BCUT2D eigenvalue weighted by Gasteiger charge is -2.42. The third-order valence-corrected chi connectivity index (χ3v) is 3.81. The van der Waals surface area contributed by atoms with E-state index in [-0.39, 0.29) is 6.61 Å². The molecule has 9 heteroatoms. The average Bonchev–Trinajstić information content (AvgIpc) is 2.57. The summed E-state index contributed by atoms with van der Waals surface area (Å²) in [5.41, 5.74) is 9.70. The number of rotatable bonds is 6. The van der Waals surface area contributed by atoms with E-state index < -0.39 is 42.6 Å². The van der Waals surface area contributed by atoms with Crippen molar-refractivity contribution in [2.75, 3.05) is 0 Å². The maximum atomic E-state index is 11.6. The van der Waals surface area contributed by atoms with Gasteiger partial charge in [-0.2, -0.15) is 0 Å². The SMILES string of the molecule is CC(=O)O[C@H]1O[C@H](C)[C@@H](N=[N+]=[N-])[C@H](OC(C)=O)[C@@H]1OCc1ccccc1. The fourth-order valence-electron chi connectivity index (χ4n) is 2.73. The highest BCUT2D eigenvalue weighted by Gasteiger charge is 2.48. The highest BCUT2D eigenvalue weighted by Crippen LogP contribution is 2.29. The molecular weight excluding hydrogens is 342 g/mol. The molecular formula is C17H21N3O6. The van der Waals surface area contributed by atoms with E-state index in [9.17, 15) is 9.59 Å². The molecule has 0 spiro atoms. The summed E-state index contributed by atoms with van der Waals surface area (Å²) in [6, 6.07) is 8.48. The van der Waals surface area contributed by atoms with Crippen molar-refractivity contribution in [3.63, 3.8) is 0 Å². The Bertz CT molecular complexity index is 676. The summed E-state index contributed by atoms with van der Waals surface area (Å²) in [5, 5.41) is 3.68. The maximum absolute atomic E-state index is 11.6. The highest BCUT2D eigenvalue weighted by molar-refractivity contribution is 5.67. The zero-order valence-corrected chi connectivity index (χ0v) is 14.8. The van der Waals surface area contributed by atoms with Gasteiger partial charge in [-0.25, -0.2) is 0 Å². The van der Waals surface area contributed by atoms with E-state index in [0.717, 1.165) is 5.56 Å². The molecule has 1 aromatic carbocycles. The van der Waals surface area contributed by atoms with Crippen LogP contribution < -0.4 is 0 Å². The van der Waals surface area contributed by atoms with Gasteiger partial charge in [0.1, 0.15) is 12.1 Å². The number of esters is 2. The molecule has 140 valence electrons. The summed E-state index contributed by atoms with van der Waals surface area (Å²) in [6.45, 7) is 4.28. The van der Waals surface area contributed by atoms with Gasteiger partial charge in [-0.05, 0) is 18.0 Å². The molecule has 0 aromatic heterocycles. The van der Waals surface area contributed by atoms with Crippen LogP contribution in [0, 0.1) is 0 Å². The predicted octanol–water partition coefficient (Wildman–Crippen LogP) is 2.49. The van der Waals surface area contributed by atoms with Crippen LogP contribution in [-0.4, -0.2) is 42.6 Å². The van der Waals surface area contributed by atoms with Crippen molar-refractivity contribution in [2.45, 2.75) is 58.0 Å². The van der Waals surface area contributed by atoms with Gasteiger partial charge in [0.2, 0.25) is 6.29 Å². The Morgan fingerprint density at radius 1 is 1.15 bits per heavy atom. The minimum atomic E-state index is -1.10. The molecule has 0 unspecified atom stereocenters. The van der Waals surface area contributed by atoms with Gasteiger partial charge in [0.05, 0.1) is 12.7 Å². The van der Waals surface area contributed by atoms with Crippen LogP contribution in [-0.2, 0) is 35.1 Å². The second-order valence-electron chi connectivity index (χ2n) is 5.85. The van der Waals surface area contributed by atoms with Gasteiger partial charge < -0.3 is 18.9 Å². The molecule has 1 fully saturated rings. The van der Waals surface area contributed by atoms with Gasteiger partial charge in [-0.1, -0.05) is 35.4 Å². The number of azide groups is 1. The van der Waals surface area contributed by atoms with Crippen LogP contribution in [0.3, 0.4) is 0 Å². The normalized spacial score (nSPS) is 27.9. The predicted molar refractivity (Wildman–Crippen MR) is 89.6 cm³/mol. The Morgan fingerprint density at radius 3 is 2.38 bits per heavy atom. The summed E-state index contributed by atoms with van der Waals surface area (Å²) < 4.78 is 22.0. The van der Waals surface area contributed by atoms with Gasteiger partial charge in [0.25, 0.3) is 0 Å². The zero-order chi connectivity index (χ0) is 19.1. The number of carbonyl (C=O) groups is 2. The summed E-state index contributed by atoms with van der Waals surface area (Å²) in [7, 11) is 0. The molecule has 5 atom stereocenters. The van der Waals surface area contributed by atoms with Crippen LogP contribution >= 0.6 is 0 Å². The molecule has 0 saturated carbocycles. The quantitative estimate of drug-likeness (QED) is 0.331. The van der Waals surface area contributed by atoms with E-state index in [2.05, 4.69) is 10.0 Å². The van der Waals surface area contributed by atoms with Crippen molar-refractivity contribution in [3.8, 4) is 0 Å². The lowest BCUT2D eigenvalue weighted by molar-refractivity contribution is -0.275. The molecule has 0 bridgehead atoms. The monoisotopic (exact) mass is 363 g/mol. The number of benzene rings is 1. The smallest absolute Gasteiger partial charge is 0.305 e. The highest BCUT2D eigenvalue weighted by atomic mass is 16.7. The second kappa shape index (κ2) is 9.19. The summed E-state index contributed by atoms with van der Waals surface area (Å²) in [5.74, 6) is -1.14. The first-order valence-electron chi connectivity index (χ1n) is 8.12. The molecule has 0 amide bonds. The van der Waals surface area contributed by atoms with E-state index in [1.54, 1.807) is 6.92 Å².